The lowest BCUT2D eigenvalue weighted by molar-refractivity contribution is -0.274. The molecule has 12 heteroatoms. The number of aryl methyl sites for hydroxylation is 1. The number of hydrogen-bond acceptors (Lipinski definition) is 7. The van der Waals surface area contributed by atoms with Crippen LogP contribution < -0.4 is 20.9 Å². The number of alkyl halides is 3. The Bertz CT molecular complexity index is 1300. The fourth-order valence-electron chi connectivity index (χ4n) is 4.78. The lowest BCUT2D eigenvalue weighted by Gasteiger charge is -2.15. The maximum absolute atomic E-state index is 12.4. The molecule has 3 rings (SSSR count). The summed E-state index contributed by atoms with van der Waals surface area (Å²) in [7, 11) is 1.72. The van der Waals surface area contributed by atoms with Crippen LogP contribution >= 0.6 is 0 Å². The number of unbranched alkanes of at least 4 members (excludes halogenated alkanes) is 2. The molecule has 0 atom stereocenters. The third-order valence-electron chi connectivity index (χ3n) is 6.96. The third-order valence-corrected chi connectivity index (χ3v) is 6.96. The summed E-state index contributed by atoms with van der Waals surface area (Å²) in [5.41, 5.74) is 1.81. The molecule has 0 radical (unpaired) electrons. The van der Waals surface area contributed by atoms with E-state index in [4.69, 9.17) is 0 Å². The first-order chi connectivity index (χ1) is 21.5. The summed E-state index contributed by atoms with van der Waals surface area (Å²) >= 11 is 0. The quantitative estimate of drug-likeness (QED) is 0.0706. The number of nitrogens with one attached hydrogen (secondary N) is 2. The fourth-order valence-corrected chi connectivity index (χ4v) is 4.78. The van der Waals surface area contributed by atoms with Gasteiger partial charge in [0.25, 0.3) is 5.56 Å². The van der Waals surface area contributed by atoms with E-state index in [-0.39, 0.29) is 17.2 Å². The molecular weight excluding hydrogens is 587 g/mol. The smallest absolute Gasteiger partial charge is 0.406 e. The van der Waals surface area contributed by atoms with Crippen LogP contribution in [0.4, 0.5) is 18.9 Å². The van der Waals surface area contributed by atoms with Crippen molar-refractivity contribution in [3.8, 4) is 5.75 Å². The number of benzene rings is 1. The number of allylic oxidation sites excluding steroid dienone is 1. The van der Waals surface area contributed by atoms with Gasteiger partial charge < -0.3 is 19.9 Å². The van der Waals surface area contributed by atoms with Gasteiger partial charge in [0.1, 0.15) is 12.0 Å². The minimum atomic E-state index is -4.63. The minimum absolute atomic E-state index is 0.00792. The van der Waals surface area contributed by atoms with Crippen molar-refractivity contribution in [2.24, 2.45) is 11.0 Å². The van der Waals surface area contributed by atoms with Crippen molar-refractivity contribution >= 4 is 24.1 Å². The average Bonchev–Trinajstić information content (AvgIpc) is 3.49. The predicted octanol–water partition coefficient (Wildman–Crippen LogP) is 6.64. The summed E-state index contributed by atoms with van der Waals surface area (Å²) in [5, 5.41) is 11.9. The van der Waals surface area contributed by atoms with Crippen LogP contribution in [0.3, 0.4) is 0 Å². The summed E-state index contributed by atoms with van der Waals surface area (Å²) in [6, 6.07) is 9.14. The van der Waals surface area contributed by atoms with Gasteiger partial charge in [-0.3, -0.25) is 19.4 Å². The van der Waals surface area contributed by atoms with Gasteiger partial charge in [-0.05, 0) is 75.8 Å². The van der Waals surface area contributed by atoms with Crippen molar-refractivity contribution in [2.45, 2.75) is 91.1 Å². The highest BCUT2D eigenvalue weighted by atomic mass is 19.4. The SMILES string of the molecule is CCC/C=N/N(/C=C(\C)C=O)CCCCn1ccc(NC(=O)CC2CCCC2)cc1=O.CNCc1cccc(OC(F)(F)F)c1. The summed E-state index contributed by atoms with van der Waals surface area (Å²) in [6.07, 6.45) is 10.3. The number of pyridine rings is 1. The van der Waals surface area contributed by atoms with Crippen LogP contribution in [0.2, 0.25) is 0 Å². The molecule has 1 aromatic heterocycles. The molecule has 0 unspecified atom stereocenters. The molecule has 248 valence electrons. The second kappa shape index (κ2) is 20.2. The van der Waals surface area contributed by atoms with Crippen LogP contribution in [0.25, 0.3) is 0 Å². The molecule has 0 spiro atoms. The van der Waals surface area contributed by atoms with E-state index in [0.717, 1.165) is 50.4 Å². The molecule has 2 N–H and O–H groups in total. The fraction of sp³-hybridized carbons (Fsp3) is 0.515. The molecule has 0 saturated heterocycles. The second-order valence-electron chi connectivity index (χ2n) is 11.0. The van der Waals surface area contributed by atoms with Crippen molar-refractivity contribution in [1.82, 2.24) is 14.9 Å². The Morgan fingerprint density at radius 1 is 1.18 bits per heavy atom. The van der Waals surface area contributed by atoms with Gasteiger partial charge in [0.2, 0.25) is 5.91 Å². The summed E-state index contributed by atoms with van der Waals surface area (Å²) in [6.45, 7) is 5.62. The number of aromatic nitrogens is 1. The number of ether oxygens (including phenoxy) is 1. The summed E-state index contributed by atoms with van der Waals surface area (Å²) in [5.74, 6) is 0.285. The number of aldehydes is 1. The van der Waals surface area contributed by atoms with E-state index in [2.05, 4.69) is 27.4 Å². The van der Waals surface area contributed by atoms with E-state index in [0.29, 0.717) is 43.2 Å². The molecule has 0 aliphatic heterocycles. The van der Waals surface area contributed by atoms with Gasteiger partial charge >= 0.3 is 6.36 Å². The number of hydrogen-bond donors (Lipinski definition) is 2. The standard InChI is InChI=1S/C24H36N4O3.C9H10F3NO/c1-3-4-12-25-28(18-20(2)19-29)14-8-7-13-27-15-11-22(17-24(27)31)26-23(30)16-21-9-5-6-10-21;1-13-6-7-3-2-4-8(5-7)14-9(10,11)12/h11-12,15,17-19,21H,3-10,13-14,16H2,1-2H3,(H,26,30);2-5,13H,6H2,1H3/b20-18+,25-12+;. The zero-order valence-electron chi connectivity index (χ0n) is 26.4. The Morgan fingerprint density at radius 3 is 2.58 bits per heavy atom. The van der Waals surface area contributed by atoms with Crippen molar-refractivity contribution in [2.75, 3.05) is 18.9 Å². The maximum atomic E-state index is 12.4. The molecule has 0 bridgehead atoms. The van der Waals surface area contributed by atoms with Gasteiger partial charge in [0, 0.05) is 62.0 Å². The Kier molecular flexibility index (Phi) is 16.7. The van der Waals surface area contributed by atoms with E-state index < -0.39 is 6.36 Å². The second-order valence-corrected chi connectivity index (χ2v) is 11.0. The van der Waals surface area contributed by atoms with Crippen molar-refractivity contribution < 1.29 is 27.5 Å². The number of amides is 1. The van der Waals surface area contributed by atoms with Crippen LogP contribution in [0.5, 0.6) is 5.75 Å². The molecule has 45 heavy (non-hydrogen) atoms. The zero-order chi connectivity index (χ0) is 33.1. The topological polar surface area (TPSA) is 105 Å². The predicted molar refractivity (Wildman–Crippen MR) is 171 cm³/mol. The number of nitrogens with zero attached hydrogens (tertiary/aromatic N) is 3. The highest BCUT2D eigenvalue weighted by molar-refractivity contribution is 5.90. The Balaban J connectivity index is 0.000000420. The molecule has 1 aliphatic rings. The highest BCUT2D eigenvalue weighted by Crippen LogP contribution is 2.27. The number of anilines is 1. The zero-order valence-corrected chi connectivity index (χ0v) is 26.4. The summed E-state index contributed by atoms with van der Waals surface area (Å²) in [4.78, 5) is 35.4. The Hall–Kier alpha value is -3.93. The van der Waals surface area contributed by atoms with E-state index in [9.17, 15) is 27.6 Å². The first kappa shape index (κ1) is 37.3. The molecule has 1 fully saturated rings. The first-order valence-corrected chi connectivity index (χ1v) is 15.4. The minimum Gasteiger partial charge on any atom is -0.406 e. The molecule has 1 aliphatic carbocycles. The van der Waals surface area contributed by atoms with Gasteiger partial charge in [-0.2, -0.15) is 5.10 Å². The molecule has 1 heterocycles. The molecular formula is C33H46F3N5O4. The molecule has 1 aromatic carbocycles. The number of carbonyl (C=O) groups excluding carboxylic acids is 2. The van der Waals surface area contributed by atoms with Gasteiger partial charge in [0.15, 0.2) is 0 Å². The normalized spacial score (nSPS) is 13.8. The summed E-state index contributed by atoms with van der Waals surface area (Å²) < 4.78 is 40.9. The molecule has 1 saturated carbocycles. The van der Waals surface area contributed by atoms with Crippen LogP contribution in [0.15, 0.2) is 64.3 Å². The van der Waals surface area contributed by atoms with Crippen LogP contribution in [-0.2, 0) is 22.7 Å². The van der Waals surface area contributed by atoms with E-state index in [1.54, 1.807) is 48.1 Å². The molecule has 1 amide bonds. The average molecular weight is 634 g/mol. The first-order valence-electron chi connectivity index (χ1n) is 15.4. The monoisotopic (exact) mass is 633 g/mol. The Labute approximate surface area is 263 Å². The maximum Gasteiger partial charge on any atom is 0.573 e. The van der Waals surface area contributed by atoms with Crippen molar-refractivity contribution in [1.29, 1.82) is 0 Å². The van der Waals surface area contributed by atoms with Gasteiger partial charge in [-0.25, -0.2) is 0 Å². The highest BCUT2D eigenvalue weighted by Gasteiger charge is 2.31. The number of rotatable bonds is 16. The van der Waals surface area contributed by atoms with Crippen LogP contribution in [0, 0.1) is 5.92 Å². The van der Waals surface area contributed by atoms with E-state index in [1.807, 2.05) is 6.21 Å². The van der Waals surface area contributed by atoms with Crippen LogP contribution in [-0.4, -0.2) is 47.9 Å². The lowest BCUT2D eigenvalue weighted by Crippen LogP contribution is -2.22. The lowest BCUT2D eigenvalue weighted by atomic mass is 10.0. The third kappa shape index (κ3) is 16.1. The van der Waals surface area contributed by atoms with Crippen LogP contribution in [0.1, 0.15) is 77.2 Å². The van der Waals surface area contributed by atoms with Gasteiger partial charge in [0.05, 0.1) is 0 Å². The van der Waals surface area contributed by atoms with Crippen molar-refractivity contribution in [3.05, 3.63) is 70.3 Å². The van der Waals surface area contributed by atoms with Gasteiger partial charge in [-0.1, -0.05) is 38.3 Å². The van der Waals surface area contributed by atoms with E-state index in [1.165, 1.54) is 37.1 Å². The van der Waals surface area contributed by atoms with Gasteiger partial charge in [-0.15, -0.1) is 13.2 Å². The largest absolute Gasteiger partial charge is 0.573 e. The number of halogens is 3. The molecule has 9 nitrogen and oxygen atoms in total. The number of hydrazone groups is 1. The Morgan fingerprint density at radius 2 is 1.93 bits per heavy atom. The van der Waals surface area contributed by atoms with E-state index >= 15 is 0 Å². The van der Waals surface area contributed by atoms with Crippen molar-refractivity contribution in [3.63, 3.8) is 0 Å². The molecule has 2 aromatic rings. The number of carbonyl (C=O) groups is 2.